The minimum atomic E-state index is -4.37. The number of carbonyl (C=O) groups is 1. The van der Waals surface area contributed by atoms with Gasteiger partial charge in [-0.1, -0.05) is 47.5 Å². The molecule has 0 bridgehead atoms. The van der Waals surface area contributed by atoms with Gasteiger partial charge in [0.25, 0.3) is 10.0 Å². The molecule has 0 saturated carbocycles. The second-order valence-electron chi connectivity index (χ2n) is 6.83. The number of hydrogen-bond donors (Lipinski definition) is 0. The maximum Gasteiger partial charge on any atom is 0.283 e. The Balaban J connectivity index is 1.99. The number of allylic oxidation sites excluding steroid dienone is 1. The normalized spacial score (nSPS) is 15.3. The van der Waals surface area contributed by atoms with Gasteiger partial charge in [0, 0.05) is 17.2 Å². The van der Waals surface area contributed by atoms with Crippen LogP contribution in [0.2, 0.25) is 10.0 Å². The van der Waals surface area contributed by atoms with Gasteiger partial charge in [0.1, 0.15) is 0 Å². The highest BCUT2D eigenvalue weighted by Gasteiger charge is 2.35. The Morgan fingerprint density at radius 3 is 2.35 bits per heavy atom. The Kier molecular flexibility index (Phi) is 5.43. The number of aromatic nitrogens is 1. The fourth-order valence-electron chi connectivity index (χ4n) is 3.22. The van der Waals surface area contributed by atoms with E-state index in [1.165, 1.54) is 28.8 Å². The third-order valence-electron chi connectivity index (χ3n) is 4.68. The number of sulfonamides is 1. The number of rotatable bonds is 3. The highest BCUT2D eigenvalue weighted by Crippen LogP contribution is 2.29. The number of Topliss-reactive ketones (excluding diaryl/α,β-unsaturated/α-hetero) is 1. The van der Waals surface area contributed by atoms with Gasteiger partial charge in [-0.15, -0.1) is 4.40 Å². The zero-order valence-corrected chi connectivity index (χ0v) is 18.4. The van der Waals surface area contributed by atoms with Gasteiger partial charge in [0.2, 0.25) is 11.5 Å². The molecule has 0 amide bonds. The van der Waals surface area contributed by atoms with E-state index in [1.807, 2.05) is 13.0 Å². The molecule has 0 atom stereocenters. The van der Waals surface area contributed by atoms with Crippen molar-refractivity contribution in [2.75, 3.05) is 0 Å². The first-order valence-corrected chi connectivity index (χ1v) is 11.2. The lowest BCUT2D eigenvalue weighted by atomic mass is 9.91. The molecule has 1 heterocycles. The van der Waals surface area contributed by atoms with Crippen molar-refractivity contribution in [3.8, 4) is 0 Å². The summed E-state index contributed by atoms with van der Waals surface area (Å²) in [6.07, 6.45) is 3.18. The predicted octanol–water partition coefficient (Wildman–Crippen LogP) is 3.30. The van der Waals surface area contributed by atoms with Gasteiger partial charge in [-0.05, 0) is 42.5 Å². The summed E-state index contributed by atoms with van der Waals surface area (Å²) in [5.41, 5.74) is 0.470. The number of ketones is 1. The Bertz CT molecular complexity index is 1410. The van der Waals surface area contributed by atoms with Crippen LogP contribution in [0.25, 0.3) is 11.5 Å². The topological polar surface area (TPSA) is 90.5 Å². The lowest BCUT2D eigenvalue weighted by Gasteiger charge is -2.23. The minimum absolute atomic E-state index is 0.0246. The number of benzene rings is 2. The molecule has 0 spiro atoms. The molecule has 1 aromatic heterocycles. The average molecular weight is 473 g/mol. The summed E-state index contributed by atoms with van der Waals surface area (Å²) in [6, 6.07) is 13.4. The fraction of sp³-hybridized carbons (Fsp3) is 0.0455. The van der Waals surface area contributed by atoms with E-state index in [4.69, 9.17) is 23.2 Å². The van der Waals surface area contributed by atoms with E-state index >= 15 is 0 Å². The summed E-state index contributed by atoms with van der Waals surface area (Å²) in [5, 5.41) is 13.5. The maximum absolute atomic E-state index is 13.3. The van der Waals surface area contributed by atoms with Crippen molar-refractivity contribution in [2.24, 2.45) is 4.40 Å². The zero-order valence-electron chi connectivity index (χ0n) is 16.0. The average Bonchev–Trinajstić information content (AvgIpc) is 2.73. The van der Waals surface area contributed by atoms with E-state index in [2.05, 4.69) is 4.40 Å². The van der Waals surface area contributed by atoms with Crippen LogP contribution in [0.3, 0.4) is 0 Å². The first-order valence-electron chi connectivity index (χ1n) is 9.03. The van der Waals surface area contributed by atoms with E-state index in [-0.39, 0.29) is 31.8 Å². The van der Waals surface area contributed by atoms with E-state index in [0.29, 0.717) is 0 Å². The standard InChI is InChI=1S/C22H14Cl2N2O4S/c1-13-5-4-10-26(12-13)20-19(21(27)15-6-2-3-7-16(15)22(20)28)25-31(29,30)14-8-9-17(23)18(24)11-14/h2-12H,1H3. The Labute approximate surface area is 188 Å². The van der Waals surface area contributed by atoms with Crippen LogP contribution in [-0.4, -0.2) is 19.9 Å². The molecule has 0 N–H and O–H groups in total. The first-order chi connectivity index (χ1) is 14.7. The zero-order chi connectivity index (χ0) is 22.3. The van der Waals surface area contributed by atoms with Gasteiger partial charge in [-0.2, -0.15) is 13.0 Å². The second kappa shape index (κ2) is 7.92. The molecule has 1 aliphatic carbocycles. The molecule has 0 aliphatic heterocycles. The number of hydrogen-bond acceptors (Lipinski definition) is 4. The van der Waals surface area contributed by atoms with Crippen molar-refractivity contribution in [3.05, 3.63) is 93.7 Å². The molecule has 2 aromatic carbocycles. The SMILES string of the molecule is Cc1ccc[n+](C2=C([O-])c3ccccc3C(=O)/C2=N/S(=O)(=O)c2ccc(Cl)c(Cl)c2)c1. The van der Waals surface area contributed by atoms with Gasteiger partial charge in [0.15, 0.2) is 18.1 Å². The number of aryl methyl sites for hydroxylation is 1. The Morgan fingerprint density at radius 1 is 0.968 bits per heavy atom. The third-order valence-corrected chi connectivity index (χ3v) is 6.69. The van der Waals surface area contributed by atoms with Crippen LogP contribution in [0.15, 0.2) is 76.3 Å². The second-order valence-corrected chi connectivity index (χ2v) is 9.25. The van der Waals surface area contributed by atoms with Crippen LogP contribution < -0.4 is 9.67 Å². The van der Waals surface area contributed by atoms with Crippen LogP contribution in [0.1, 0.15) is 21.5 Å². The van der Waals surface area contributed by atoms with E-state index in [0.717, 1.165) is 11.6 Å². The molecule has 6 nitrogen and oxygen atoms in total. The van der Waals surface area contributed by atoms with Crippen LogP contribution in [0, 0.1) is 6.92 Å². The van der Waals surface area contributed by atoms with Crippen molar-refractivity contribution in [1.29, 1.82) is 0 Å². The molecule has 0 unspecified atom stereocenters. The van der Waals surface area contributed by atoms with Gasteiger partial charge in [-0.3, -0.25) is 4.79 Å². The molecule has 0 radical (unpaired) electrons. The van der Waals surface area contributed by atoms with Crippen LogP contribution >= 0.6 is 23.2 Å². The number of nitrogens with zero attached hydrogens (tertiary/aromatic N) is 2. The van der Waals surface area contributed by atoms with Gasteiger partial charge in [-0.25, -0.2) is 0 Å². The molecule has 156 valence electrons. The molecule has 0 saturated heterocycles. The molecule has 0 fully saturated rings. The van der Waals surface area contributed by atoms with E-state index in [1.54, 1.807) is 30.6 Å². The molecule has 3 aromatic rings. The quantitative estimate of drug-likeness (QED) is 0.546. The van der Waals surface area contributed by atoms with Crippen molar-refractivity contribution in [1.82, 2.24) is 0 Å². The van der Waals surface area contributed by atoms with Crippen molar-refractivity contribution in [2.45, 2.75) is 11.8 Å². The molecule has 4 rings (SSSR count). The van der Waals surface area contributed by atoms with Crippen molar-refractivity contribution >= 4 is 56.2 Å². The van der Waals surface area contributed by atoms with E-state index < -0.39 is 27.3 Å². The molecule has 1 aliphatic rings. The molecular formula is C22H14Cl2N2O4S. The third kappa shape index (κ3) is 3.87. The molecule has 9 heteroatoms. The summed E-state index contributed by atoms with van der Waals surface area (Å²) in [6.45, 7) is 1.81. The highest BCUT2D eigenvalue weighted by molar-refractivity contribution is 7.90. The van der Waals surface area contributed by atoms with Gasteiger partial charge < -0.3 is 5.11 Å². The summed E-state index contributed by atoms with van der Waals surface area (Å²) in [5.74, 6) is -1.17. The van der Waals surface area contributed by atoms with Crippen molar-refractivity contribution in [3.63, 3.8) is 0 Å². The summed E-state index contributed by atoms with van der Waals surface area (Å²) < 4.78 is 31.2. The largest absolute Gasteiger partial charge is 0.867 e. The number of fused-ring (bicyclic) bond motifs is 1. The monoisotopic (exact) mass is 472 g/mol. The predicted molar refractivity (Wildman–Crippen MR) is 116 cm³/mol. The lowest BCUT2D eigenvalue weighted by molar-refractivity contribution is -0.578. The number of pyridine rings is 1. The smallest absolute Gasteiger partial charge is 0.283 e. The summed E-state index contributed by atoms with van der Waals surface area (Å²) >= 11 is 11.8. The van der Waals surface area contributed by atoms with Gasteiger partial charge in [0.05, 0.1) is 14.9 Å². The lowest BCUT2D eigenvalue weighted by Crippen LogP contribution is -2.43. The maximum atomic E-state index is 13.3. The van der Waals surface area contributed by atoms with Crippen molar-refractivity contribution < 1.29 is 22.9 Å². The summed E-state index contributed by atoms with van der Waals surface area (Å²) in [4.78, 5) is 13.0. The minimum Gasteiger partial charge on any atom is -0.867 e. The molecular weight excluding hydrogens is 459 g/mol. The number of carbonyl (C=O) groups excluding carboxylic acids is 1. The van der Waals surface area contributed by atoms with Crippen LogP contribution in [0.4, 0.5) is 0 Å². The summed E-state index contributed by atoms with van der Waals surface area (Å²) in [7, 11) is -4.37. The van der Waals surface area contributed by atoms with Crippen LogP contribution in [0.5, 0.6) is 0 Å². The van der Waals surface area contributed by atoms with Crippen LogP contribution in [-0.2, 0) is 10.0 Å². The van der Waals surface area contributed by atoms with Gasteiger partial charge >= 0.3 is 0 Å². The fourth-order valence-corrected chi connectivity index (χ4v) is 4.60. The Hall–Kier alpha value is -3.00. The number of halogens is 2. The first kappa shape index (κ1) is 21.2. The molecule has 31 heavy (non-hydrogen) atoms. The van der Waals surface area contributed by atoms with E-state index in [9.17, 15) is 18.3 Å². The highest BCUT2D eigenvalue weighted by atomic mass is 35.5. The Morgan fingerprint density at radius 2 is 1.68 bits per heavy atom.